The van der Waals surface area contributed by atoms with Crippen LogP contribution in [-0.2, 0) is 6.42 Å². The summed E-state index contributed by atoms with van der Waals surface area (Å²) in [5.74, 6) is 0.267. The molecule has 18 heavy (non-hydrogen) atoms. The molecule has 0 radical (unpaired) electrons. The fourth-order valence-corrected chi connectivity index (χ4v) is 3.39. The number of halogens is 2. The Morgan fingerprint density at radius 1 is 1.44 bits per heavy atom. The largest absolute Gasteiger partial charge is 0.327 e. The molecule has 3 heteroatoms. The van der Waals surface area contributed by atoms with E-state index in [1.807, 2.05) is 6.07 Å². The minimum Gasteiger partial charge on any atom is -0.327 e. The van der Waals surface area contributed by atoms with Crippen LogP contribution >= 0.6 is 15.9 Å². The van der Waals surface area contributed by atoms with Gasteiger partial charge in [-0.1, -0.05) is 26.0 Å². The Hall–Kier alpha value is -0.410. The summed E-state index contributed by atoms with van der Waals surface area (Å²) in [6.45, 7) is 4.60. The minimum atomic E-state index is -0.184. The average Bonchev–Trinajstić information content (AvgIpc) is 2.29. The van der Waals surface area contributed by atoms with Crippen LogP contribution in [0.2, 0.25) is 0 Å². The zero-order valence-corrected chi connectivity index (χ0v) is 12.6. The molecular formula is C15H21BrFN. The van der Waals surface area contributed by atoms with Gasteiger partial charge in [0.15, 0.2) is 0 Å². The summed E-state index contributed by atoms with van der Waals surface area (Å²) in [7, 11) is 0. The molecule has 0 aliphatic heterocycles. The van der Waals surface area contributed by atoms with Crippen molar-refractivity contribution < 1.29 is 4.39 Å². The van der Waals surface area contributed by atoms with Gasteiger partial charge in [-0.3, -0.25) is 0 Å². The van der Waals surface area contributed by atoms with Crippen LogP contribution in [-0.4, -0.2) is 6.04 Å². The molecule has 1 aromatic rings. The van der Waals surface area contributed by atoms with E-state index >= 15 is 0 Å². The summed E-state index contributed by atoms with van der Waals surface area (Å²) in [4.78, 5) is 0. The highest BCUT2D eigenvalue weighted by molar-refractivity contribution is 9.10. The van der Waals surface area contributed by atoms with Gasteiger partial charge in [-0.15, -0.1) is 0 Å². The van der Waals surface area contributed by atoms with Gasteiger partial charge in [0.2, 0.25) is 0 Å². The lowest BCUT2D eigenvalue weighted by Crippen LogP contribution is -2.40. The molecule has 2 atom stereocenters. The van der Waals surface area contributed by atoms with E-state index in [1.54, 1.807) is 6.07 Å². The highest BCUT2D eigenvalue weighted by Crippen LogP contribution is 2.40. The van der Waals surface area contributed by atoms with Crippen molar-refractivity contribution in [2.24, 2.45) is 17.1 Å². The normalized spacial score (nSPS) is 27.2. The molecule has 0 spiro atoms. The van der Waals surface area contributed by atoms with Crippen molar-refractivity contribution in [2.45, 2.75) is 45.6 Å². The Kier molecular flexibility index (Phi) is 4.12. The van der Waals surface area contributed by atoms with E-state index in [2.05, 4.69) is 29.8 Å². The molecule has 1 fully saturated rings. The van der Waals surface area contributed by atoms with E-state index in [9.17, 15) is 4.39 Å². The topological polar surface area (TPSA) is 26.0 Å². The highest BCUT2D eigenvalue weighted by Gasteiger charge is 2.33. The zero-order chi connectivity index (χ0) is 13.3. The van der Waals surface area contributed by atoms with Gasteiger partial charge in [0.1, 0.15) is 5.82 Å². The maximum atomic E-state index is 13.5. The fourth-order valence-electron chi connectivity index (χ4n) is 2.97. The van der Waals surface area contributed by atoms with Crippen LogP contribution in [0.3, 0.4) is 0 Å². The van der Waals surface area contributed by atoms with E-state index < -0.39 is 0 Å². The molecule has 2 N–H and O–H groups in total. The van der Waals surface area contributed by atoms with Gasteiger partial charge in [-0.05, 0) is 64.6 Å². The molecule has 1 aromatic carbocycles. The molecule has 0 heterocycles. The van der Waals surface area contributed by atoms with E-state index in [0.717, 1.165) is 24.8 Å². The first-order chi connectivity index (χ1) is 8.39. The van der Waals surface area contributed by atoms with Crippen molar-refractivity contribution in [3.63, 3.8) is 0 Å². The Labute approximate surface area is 117 Å². The third-order valence-electron chi connectivity index (χ3n) is 4.09. The molecule has 100 valence electrons. The average molecular weight is 314 g/mol. The molecule has 0 saturated heterocycles. The Morgan fingerprint density at radius 3 is 2.89 bits per heavy atom. The summed E-state index contributed by atoms with van der Waals surface area (Å²) in [6, 6.07) is 5.49. The highest BCUT2D eigenvalue weighted by atomic mass is 79.9. The summed E-state index contributed by atoms with van der Waals surface area (Å²) in [5, 5.41) is 0. The first kappa shape index (κ1) is 14.0. The van der Waals surface area contributed by atoms with Gasteiger partial charge >= 0.3 is 0 Å². The Morgan fingerprint density at radius 2 is 2.17 bits per heavy atom. The molecule has 1 saturated carbocycles. The van der Waals surface area contributed by atoms with Crippen molar-refractivity contribution in [2.75, 3.05) is 0 Å². The molecule has 1 aliphatic rings. The van der Waals surface area contributed by atoms with Crippen molar-refractivity contribution >= 4 is 15.9 Å². The molecule has 0 amide bonds. The number of benzene rings is 1. The van der Waals surface area contributed by atoms with Crippen molar-refractivity contribution in [1.29, 1.82) is 0 Å². The quantitative estimate of drug-likeness (QED) is 0.866. The van der Waals surface area contributed by atoms with Gasteiger partial charge in [0, 0.05) is 6.04 Å². The van der Waals surface area contributed by atoms with Gasteiger partial charge in [0.05, 0.1) is 4.47 Å². The number of hydrogen-bond donors (Lipinski definition) is 1. The van der Waals surface area contributed by atoms with E-state index in [4.69, 9.17) is 5.73 Å². The van der Waals surface area contributed by atoms with Gasteiger partial charge in [-0.25, -0.2) is 4.39 Å². The van der Waals surface area contributed by atoms with Gasteiger partial charge < -0.3 is 5.73 Å². The number of nitrogens with two attached hydrogens (primary N) is 1. The maximum Gasteiger partial charge on any atom is 0.137 e. The minimum absolute atomic E-state index is 0.184. The maximum absolute atomic E-state index is 13.5. The first-order valence-electron chi connectivity index (χ1n) is 6.57. The second-order valence-electron chi connectivity index (χ2n) is 6.25. The van der Waals surface area contributed by atoms with Crippen LogP contribution in [0.4, 0.5) is 4.39 Å². The second-order valence-corrected chi connectivity index (χ2v) is 7.04. The monoisotopic (exact) mass is 313 g/mol. The van der Waals surface area contributed by atoms with Crippen LogP contribution in [0, 0.1) is 17.2 Å². The number of rotatable bonds is 2. The first-order valence-corrected chi connectivity index (χ1v) is 7.37. The van der Waals surface area contributed by atoms with Crippen LogP contribution in [0.5, 0.6) is 0 Å². The molecule has 2 rings (SSSR count). The lowest BCUT2D eigenvalue weighted by molar-refractivity contribution is 0.157. The van der Waals surface area contributed by atoms with Crippen LogP contribution in [0.15, 0.2) is 22.7 Å². The molecule has 2 unspecified atom stereocenters. The van der Waals surface area contributed by atoms with Crippen molar-refractivity contribution in [3.05, 3.63) is 34.1 Å². The van der Waals surface area contributed by atoms with Crippen LogP contribution < -0.4 is 5.73 Å². The Balaban J connectivity index is 2.15. The summed E-state index contributed by atoms with van der Waals surface area (Å²) < 4.78 is 14.1. The smallest absolute Gasteiger partial charge is 0.137 e. The molecular weight excluding hydrogens is 293 g/mol. The van der Waals surface area contributed by atoms with E-state index in [-0.39, 0.29) is 11.9 Å². The summed E-state index contributed by atoms with van der Waals surface area (Å²) >= 11 is 3.34. The van der Waals surface area contributed by atoms with Gasteiger partial charge in [-0.2, -0.15) is 0 Å². The van der Waals surface area contributed by atoms with Crippen LogP contribution in [0.1, 0.15) is 38.7 Å². The summed E-state index contributed by atoms with van der Waals surface area (Å²) in [5.41, 5.74) is 7.62. The standard InChI is InChI=1S/C15H21BrFN/c1-15(2)7-6-13(18)11(9-15)8-10-4-3-5-12(17)14(10)16/h3-5,11,13H,6-9,18H2,1-2H3. The fraction of sp³-hybridized carbons (Fsp3) is 0.600. The number of hydrogen-bond acceptors (Lipinski definition) is 1. The lowest BCUT2D eigenvalue weighted by atomic mass is 9.68. The van der Waals surface area contributed by atoms with Crippen molar-refractivity contribution in [3.8, 4) is 0 Å². The third kappa shape index (κ3) is 3.12. The Bertz CT molecular complexity index is 431. The van der Waals surface area contributed by atoms with E-state index in [0.29, 0.717) is 15.8 Å². The molecule has 1 aliphatic carbocycles. The molecule has 1 nitrogen and oxygen atoms in total. The zero-order valence-electron chi connectivity index (χ0n) is 11.0. The van der Waals surface area contributed by atoms with Gasteiger partial charge in [0.25, 0.3) is 0 Å². The second kappa shape index (κ2) is 5.30. The van der Waals surface area contributed by atoms with Crippen molar-refractivity contribution in [1.82, 2.24) is 0 Å². The molecule has 0 bridgehead atoms. The SMILES string of the molecule is CC1(C)CCC(N)C(Cc2cccc(F)c2Br)C1. The predicted molar refractivity (Wildman–Crippen MR) is 76.9 cm³/mol. The molecule has 0 aromatic heterocycles. The summed E-state index contributed by atoms with van der Waals surface area (Å²) in [6.07, 6.45) is 4.25. The van der Waals surface area contributed by atoms with E-state index in [1.165, 1.54) is 12.5 Å². The lowest BCUT2D eigenvalue weighted by Gasteiger charge is -2.39. The predicted octanol–water partition coefficient (Wildman–Crippen LogP) is 4.28. The third-order valence-corrected chi connectivity index (χ3v) is 4.98. The van der Waals surface area contributed by atoms with Crippen LogP contribution in [0.25, 0.3) is 0 Å².